The maximum atomic E-state index is 4.95. The van der Waals surface area contributed by atoms with Crippen LogP contribution in [0, 0.1) is 6.92 Å². The molecule has 27 heavy (non-hydrogen) atoms. The van der Waals surface area contributed by atoms with Gasteiger partial charge in [0.2, 0.25) is 0 Å². The third-order valence-electron chi connectivity index (χ3n) is 5.89. The number of hydrogen-bond acceptors (Lipinski definition) is 3. The summed E-state index contributed by atoms with van der Waals surface area (Å²) in [5.74, 6) is 1.70. The van der Waals surface area contributed by atoms with Crippen LogP contribution in [0.2, 0.25) is 0 Å². The summed E-state index contributed by atoms with van der Waals surface area (Å²) in [5.41, 5.74) is 5.79. The Morgan fingerprint density at radius 1 is 1.07 bits per heavy atom. The summed E-state index contributed by atoms with van der Waals surface area (Å²) in [7, 11) is 2.15. The second kappa shape index (κ2) is 6.50. The second-order valence-electron chi connectivity index (χ2n) is 7.66. The molecule has 0 bridgehead atoms. The molecule has 138 valence electrons. The van der Waals surface area contributed by atoms with Crippen LogP contribution in [-0.4, -0.2) is 36.9 Å². The summed E-state index contributed by atoms with van der Waals surface area (Å²) in [4.78, 5) is 12.2. The second-order valence-corrected chi connectivity index (χ2v) is 7.66. The van der Waals surface area contributed by atoms with E-state index in [0.717, 1.165) is 36.5 Å². The molecule has 0 saturated carbocycles. The zero-order valence-corrected chi connectivity index (χ0v) is 16.0. The van der Waals surface area contributed by atoms with Crippen molar-refractivity contribution in [1.29, 1.82) is 0 Å². The number of rotatable bonds is 3. The first-order valence-corrected chi connectivity index (χ1v) is 9.77. The average molecular weight is 359 g/mol. The average Bonchev–Trinajstić information content (AvgIpc) is 3.20. The first-order chi connectivity index (χ1) is 13.2. The number of piperidine rings is 1. The molecule has 0 spiro atoms. The van der Waals surface area contributed by atoms with Crippen molar-refractivity contribution in [3.05, 3.63) is 65.9 Å². The van der Waals surface area contributed by atoms with Crippen molar-refractivity contribution >= 4 is 16.7 Å². The topological polar surface area (TPSA) is 38.4 Å². The normalized spacial score (nSPS) is 18.5. The number of imidazole rings is 2. The van der Waals surface area contributed by atoms with E-state index in [-0.39, 0.29) is 0 Å². The number of para-hydroxylation sites is 2. The van der Waals surface area contributed by atoms with Gasteiger partial charge in [0, 0.05) is 32.3 Å². The van der Waals surface area contributed by atoms with Gasteiger partial charge in [0.05, 0.1) is 22.4 Å². The van der Waals surface area contributed by atoms with Crippen molar-refractivity contribution in [1.82, 2.24) is 23.8 Å². The SMILES string of the molecule is Cc1nc2ccccn2c1CN1CCCC(c2nc3ccccc3n2C)C1. The minimum absolute atomic E-state index is 0.482. The summed E-state index contributed by atoms with van der Waals surface area (Å²) in [6.07, 6.45) is 4.54. The molecule has 0 radical (unpaired) electrons. The smallest absolute Gasteiger partial charge is 0.137 e. The van der Waals surface area contributed by atoms with E-state index in [1.807, 2.05) is 6.07 Å². The molecule has 0 N–H and O–H groups in total. The van der Waals surface area contributed by atoms with Crippen molar-refractivity contribution in [3.8, 4) is 0 Å². The summed E-state index contributed by atoms with van der Waals surface area (Å²) in [6.45, 7) is 5.25. The van der Waals surface area contributed by atoms with Gasteiger partial charge in [0.1, 0.15) is 11.5 Å². The Morgan fingerprint density at radius 3 is 2.81 bits per heavy atom. The van der Waals surface area contributed by atoms with E-state index in [2.05, 4.69) is 70.4 Å². The largest absolute Gasteiger partial charge is 0.331 e. The highest BCUT2D eigenvalue weighted by atomic mass is 15.2. The zero-order valence-electron chi connectivity index (χ0n) is 16.0. The maximum absolute atomic E-state index is 4.95. The van der Waals surface area contributed by atoms with Gasteiger partial charge >= 0.3 is 0 Å². The van der Waals surface area contributed by atoms with Crippen LogP contribution in [0.4, 0.5) is 0 Å². The lowest BCUT2D eigenvalue weighted by Gasteiger charge is -2.32. The van der Waals surface area contributed by atoms with Gasteiger partial charge in [-0.2, -0.15) is 0 Å². The molecule has 5 nitrogen and oxygen atoms in total. The van der Waals surface area contributed by atoms with Crippen LogP contribution in [0.25, 0.3) is 16.7 Å². The van der Waals surface area contributed by atoms with Crippen LogP contribution in [0.3, 0.4) is 0 Å². The summed E-state index contributed by atoms with van der Waals surface area (Å²) in [6, 6.07) is 14.6. The molecule has 1 aliphatic rings. The van der Waals surface area contributed by atoms with Crippen molar-refractivity contribution in [2.45, 2.75) is 32.2 Å². The van der Waals surface area contributed by atoms with Crippen LogP contribution in [0.15, 0.2) is 48.7 Å². The van der Waals surface area contributed by atoms with Crippen LogP contribution >= 0.6 is 0 Å². The fraction of sp³-hybridized carbons (Fsp3) is 0.364. The Kier molecular flexibility index (Phi) is 3.97. The van der Waals surface area contributed by atoms with Crippen LogP contribution in [-0.2, 0) is 13.6 Å². The van der Waals surface area contributed by atoms with Crippen LogP contribution < -0.4 is 0 Å². The van der Waals surface area contributed by atoms with Crippen molar-refractivity contribution < 1.29 is 0 Å². The molecule has 1 aliphatic heterocycles. The number of hydrogen-bond donors (Lipinski definition) is 0. The highest BCUT2D eigenvalue weighted by Gasteiger charge is 2.26. The standard InChI is InChI=1S/C22H25N5/c1-16-20(27-13-6-5-11-21(27)23-16)15-26-12-7-8-17(14-26)22-24-18-9-3-4-10-19(18)25(22)2/h3-6,9-11,13,17H,7-8,12,14-15H2,1-2H3. The van der Waals surface area contributed by atoms with Crippen molar-refractivity contribution in [2.24, 2.45) is 7.05 Å². The van der Waals surface area contributed by atoms with E-state index in [9.17, 15) is 0 Å². The molecule has 4 heterocycles. The van der Waals surface area contributed by atoms with Gasteiger partial charge in [-0.3, -0.25) is 4.90 Å². The number of benzene rings is 1. The zero-order chi connectivity index (χ0) is 18.4. The predicted octanol–water partition coefficient (Wildman–Crippen LogP) is 3.91. The third-order valence-corrected chi connectivity index (χ3v) is 5.89. The molecule has 5 rings (SSSR count). The van der Waals surface area contributed by atoms with E-state index < -0.39 is 0 Å². The molecule has 3 aromatic heterocycles. The summed E-state index contributed by atoms with van der Waals surface area (Å²) >= 11 is 0. The number of likely N-dealkylation sites (tertiary alicyclic amines) is 1. The molecule has 1 fully saturated rings. The molecule has 1 saturated heterocycles. The van der Waals surface area contributed by atoms with Gasteiger partial charge in [0.15, 0.2) is 0 Å². The van der Waals surface area contributed by atoms with Gasteiger partial charge in [-0.1, -0.05) is 18.2 Å². The van der Waals surface area contributed by atoms with Gasteiger partial charge in [-0.25, -0.2) is 9.97 Å². The van der Waals surface area contributed by atoms with Crippen molar-refractivity contribution in [2.75, 3.05) is 13.1 Å². The summed E-state index contributed by atoms with van der Waals surface area (Å²) < 4.78 is 4.51. The fourth-order valence-electron chi connectivity index (χ4n) is 4.51. The summed E-state index contributed by atoms with van der Waals surface area (Å²) in [5, 5.41) is 0. The lowest BCUT2D eigenvalue weighted by atomic mass is 9.97. The highest BCUT2D eigenvalue weighted by molar-refractivity contribution is 5.75. The van der Waals surface area contributed by atoms with E-state index in [0.29, 0.717) is 5.92 Å². The Balaban J connectivity index is 1.42. The molecule has 0 aliphatic carbocycles. The Labute approximate surface area is 159 Å². The van der Waals surface area contributed by atoms with E-state index in [4.69, 9.17) is 9.97 Å². The molecular formula is C22H25N5. The molecule has 1 unspecified atom stereocenters. The van der Waals surface area contributed by atoms with Crippen molar-refractivity contribution in [3.63, 3.8) is 0 Å². The number of nitrogens with zero attached hydrogens (tertiary/aromatic N) is 5. The maximum Gasteiger partial charge on any atom is 0.137 e. The van der Waals surface area contributed by atoms with E-state index >= 15 is 0 Å². The quantitative estimate of drug-likeness (QED) is 0.557. The highest BCUT2D eigenvalue weighted by Crippen LogP contribution is 2.29. The molecule has 1 atom stereocenters. The minimum Gasteiger partial charge on any atom is -0.331 e. The van der Waals surface area contributed by atoms with Gasteiger partial charge < -0.3 is 8.97 Å². The first-order valence-electron chi connectivity index (χ1n) is 9.77. The predicted molar refractivity (Wildman–Crippen MR) is 108 cm³/mol. The first kappa shape index (κ1) is 16.5. The third kappa shape index (κ3) is 2.82. The lowest BCUT2D eigenvalue weighted by molar-refractivity contribution is 0.192. The molecule has 5 heteroatoms. The molecule has 1 aromatic carbocycles. The lowest BCUT2D eigenvalue weighted by Crippen LogP contribution is -2.35. The fourth-order valence-corrected chi connectivity index (χ4v) is 4.51. The molecule has 0 amide bonds. The Bertz CT molecular complexity index is 1110. The molecule has 4 aromatic rings. The van der Waals surface area contributed by atoms with E-state index in [1.54, 1.807) is 0 Å². The van der Waals surface area contributed by atoms with Gasteiger partial charge in [-0.15, -0.1) is 0 Å². The monoisotopic (exact) mass is 359 g/mol. The van der Waals surface area contributed by atoms with Crippen LogP contribution in [0.1, 0.15) is 36.0 Å². The number of aromatic nitrogens is 4. The van der Waals surface area contributed by atoms with E-state index in [1.165, 1.54) is 29.9 Å². The van der Waals surface area contributed by atoms with Gasteiger partial charge in [0.25, 0.3) is 0 Å². The minimum atomic E-state index is 0.482. The van der Waals surface area contributed by atoms with Gasteiger partial charge in [-0.05, 0) is 50.6 Å². The number of aryl methyl sites for hydroxylation is 2. The van der Waals surface area contributed by atoms with Crippen LogP contribution in [0.5, 0.6) is 0 Å². The molecular weight excluding hydrogens is 334 g/mol. The number of fused-ring (bicyclic) bond motifs is 2. The number of pyridine rings is 1. The Hall–Kier alpha value is -2.66. The Morgan fingerprint density at radius 2 is 1.93 bits per heavy atom.